The number of hydrogen-bond acceptors (Lipinski definition) is 6. The summed E-state index contributed by atoms with van der Waals surface area (Å²) in [7, 11) is 1.58. The van der Waals surface area contributed by atoms with Crippen molar-refractivity contribution in [2.24, 2.45) is 0 Å². The Morgan fingerprint density at radius 3 is 2.69 bits per heavy atom. The molecule has 4 aromatic rings. The molecule has 0 aliphatic carbocycles. The van der Waals surface area contributed by atoms with Crippen LogP contribution in [-0.2, 0) is 11.4 Å². The van der Waals surface area contributed by atoms with Gasteiger partial charge in [-0.25, -0.2) is 0 Å². The Morgan fingerprint density at radius 1 is 1.09 bits per heavy atom. The smallest absolute Gasteiger partial charge is 0.270 e. The molecule has 8 heteroatoms. The van der Waals surface area contributed by atoms with Crippen LogP contribution in [0.3, 0.4) is 0 Å². The van der Waals surface area contributed by atoms with Crippen molar-refractivity contribution in [2.45, 2.75) is 6.61 Å². The molecule has 2 heterocycles. The first-order valence-electron chi connectivity index (χ1n) is 10.7. The second-order valence-corrected chi connectivity index (χ2v) is 10.2. The summed E-state index contributed by atoms with van der Waals surface area (Å²) < 4.78 is 12.8. The number of aromatic nitrogens is 1. The van der Waals surface area contributed by atoms with Crippen LogP contribution in [0.15, 0.2) is 88.4 Å². The van der Waals surface area contributed by atoms with Gasteiger partial charge in [0.05, 0.1) is 27.9 Å². The van der Waals surface area contributed by atoms with Crippen molar-refractivity contribution in [1.82, 2.24) is 4.98 Å². The number of pyridine rings is 1. The monoisotopic (exact) mass is 562 g/mol. The first-order chi connectivity index (χ1) is 17.0. The SMILES string of the molecule is COc1cc(/C=C2\SC(=S)N(c3cccc4ccccc34)C2=O)cc(Br)c1OCc1ccccn1. The Bertz CT molecular complexity index is 1470. The molecule has 0 unspecified atom stereocenters. The van der Waals surface area contributed by atoms with Gasteiger partial charge >= 0.3 is 0 Å². The summed E-state index contributed by atoms with van der Waals surface area (Å²) >= 11 is 10.5. The van der Waals surface area contributed by atoms with E-state index in [2.05, 4.69) is 20.9 Å². The summed E-state index contributed by atoms with van der Waals surface area (Å²) in [4.78, 5) is 19.8. The lowest BCUT2D eigenvalue weighted by molar-refractivity contribution is -0.113. The molecule has 35 heavy (non-hydrogen) atoms. The van der Waals surface area contributed by atoms with Crippen LogP contribution in [0.4, 0.5) is 5.69 Å². The standard InChI is InChI=1S/C27H19BrN2O3S2/c1-32-23-14-17(13-21(28)25(23)33-16-19-9-4-5-12-29-19)15-24-26(31)30(27(34)35-24)22-11-6-8-18-7-2-3-10-20(18)22/h2-15H,16H2,1H3/b24-15-. The third-order valence-corrected chi connectivity index (χ3v) is 7.33. The summed E-state index contributed by atoms with van der Waals surface area (Å²) in [5, 5.41) is 2.03. The molecule has 0 bridgehead atoms. The van der Waals surface area contributed by atoms with E-state index in [-0.39, 0.29) is 5.91 Å². The Hall–Kier alpha value is -3.20. The van der Waals surface area contributed by atoms with E-state index >= 15 is 0 Å². The van der Waals surface area contributed by atoms with Crippen LogP contribution in [0.5, 0.6) is 11.5 Å². The zero-order valence-corrected chi connectivity index (χ0v) is 21.8. The molecule has 1 aliphatic heterocycles. The lowest BCUT2D eigenvalue weighted by Gasteiger charge is -2.17. The highest BCUT2D eigenvalue weighted by Gasteiger charge is 2.34. The summed E-state index contributed by atoms with van der Waals surface area (Å²) in [6.45, 7) is 0.304. The van der Waals surface area contributed by atoms with Gasteiger partial charge in [0.25, 0.3) is 5.91 Å². The van der Waals surface area contributed by atoms with Crippen LogP contribution in [0.2, 0.25) is 0 Å². The molecular formula is C27H19BrN2O3S2. The molecular weight excluding hydrogens is 544 g/mol. The topological polar surface area (TPSA) is 51.7 Å². The lowest BCUT2D eigenvalue weighted by Crippen LogP contribution is -2.27. The Kier molecular flexibility index (Phi) is 6.86. The van der Waals surface area contributed by atoms with Crippen molar-refractivity contribution >= 4 is 72.7 Å². The van der Waals surface area contributed by atoms with Gasteiger partial charge in [0.15, 0.2) is 15.8 Å². The highest BCUT2D eigenvalue weighted by molar-refractivity contribution is 9.10. The molecule has 0 radical (unpaired) electrons. The third-order valence-electron chi connectivity index (χ3n) is 5.44. The quantitative estimate of drug-likeness (QED) is 0.186. The van der Waals surface area contributed by atoms with Gasteiger partial charge < -0.3 is 9.47 Å². The fraction of sp³-hybridized carbons (Fsp3) is 0.0741. The van der Waals surface area contributed by atoms with Crippen molar-refractivity contribution in [3.05, 3.63) is 99.6 Å². The van der Waals surface area contributed by atoms with Crippen molar-refractivity contribution in [3.63, 3.8) is 0 Å². The van der Waals surface area contributed by atoms with E-state index in [1.54, 1.807) is 18.2 Å². The second-order valence-electron chi connectivity index (χ2n) is 7.66. The van der Waals surface area contributed by atoms with E-state index in [0.29, 0.717) is 31.8 Å². The van der Waals surface area contributed by atoms with Gasteiger partial charge in [-0.3, -0.25) is 14.7 Å². The van der Waals surface area contributed by atoms with E-state index in [4.69, 9.17) is 21.7 Å². The van der Waals surface area contributed by atoms with Gasteiger partial charge in [0, 0.05) is 11.6 Å². The maximum Gasteiger partial charge on any atom is 0.270 e. The molecule has 1 saturated heterocycles. The third kappa shape index (κ3) is 4.82. The van der Waals surface area contributed by atoms with Crippen LogP contribution in [-0.4, -0.2) is 22.3 Å². The van der Waals surface area contributed by atoms with Crippen molar-refractivity contribution < 1.29 is 14.3 Å². The van der Waals surface area contributed by atoms with Crippen LogP contribution >= 0.6 is 39.9 Å². The van der Waals surface area contributed by atoms with Gasteiger partial charge in [0.2, 0.25) is 0 Å². The Morgan fingerprint density at radius 2 is 1.89 bits per heavy atom. The molecule has 5 nitrogen and oxygen atoms in total. The molecule has 0 saturated carbocycles. The number of hydrogen-bond donors (Lipinski definition) is 0. The number of rotatable bonds is 6. The fourth-order valence-electron chi connectivity index (χ4n) is 3.82. The minimum absolute atomic E-state index is 0.151. The number of nitrogens with zero attached hydrogens (tertiary/aromatic N) is 2. The summed E-state index contributed by atoms with van der Waals surface area (Å²) in [6, 6.07) is 23.2. The molecule has 1 fully saturated rings. The number of halogens is 1. The van der Waals surface area contributed by atoms with Crippen LogP contribution < -0.4 is 14.4 Å². The van der Waals surface area contributed by atoms with E-state index in [1.165, 1.54) is 11.8 Å². The van der Waals surface area contributed by atoms with Gasteiger partial charge in [-0.15, -0.1) is 0 Å². The second kappa shape index (κ2) is 10.2. The molecule has 1 aromatic heterocycles. The number of ether oxygens (including phenoxy) is 2. The summed E-state index contributed by atoms with van der Waals surface area (Å²) in [6.07, 6.45) is 3.54. The largest absolute Gasteiger partial charge is 0.493 e. The molecule has 0 N–H and O–H groups in total. The molecule has 1 amide bonds. The number of benzene rings is 3. The van der Waals surface area contributed by atoms with Gasteiger partial charge in [-0.2, -0.15) is 0 Å². The maximum atomic E-state index is 13.4. The minimum Gasteiger partial charge on any atom is -0.493 e. The number of methoxy groups -OCH3 is 1. The number of thiocarbonyl (C=S) groups is 1. The van der Waals surface area contributed by atoms with Crippen LogP contribution in [0.25, 0.3) is 16.8 Å². The van der Waals surface area contributed by atoms with Crippen molar-refractivity contribution in [2.75, 3.05) is 12.0 Å². The average molecular weight is 563 g/mol. The number of fused-ring (bicyclic) bond motifs is 1. The van der Waals surface area contributed by atoms with Gasteiger partial charge in [-0.1, -0.05) is 66.4 Å². The first kappa shape index (κ1) is 23.5. The zero-order chi connectivity index (χ0) is 24.4. The number of anilines is 1. The lowest BCUT2D eigenvalue weighted by atomic mass is 10.1. The van der Waals surface area contributed by atoms with Gasteiger partial charge in [0.1, 0.15) is 6.61 Å². The van der Waals surface area contributed by atoms with Gasteiger partial charge in [-0.05, 0) is 63.3 Å². The molecule has 3 aromatic carbocycles. The number of amides is 1. The Balaban J connectivity index is 1.44. The molecule has 174 valence electrons. The highest BCUT2D eigenvalue weighted by Crippen LogP contribution is 2.41. The minimum atomic E-state index is -0.151. The average Bonchev–Trinajstić information content (AvgIpc) is 3.15. The molecule has 0 atom stereocenters. The fourth-order valence-corrected chi connectivity index (χ4v) is 5.68. The normalized spacial score (nSPS) is 14.7. The van der Waals surface area contributed by atoms with Crippen LogP contribution in [0, 0.1) is 0 Å². The zero-order valence-electron chi connectivity index (χ0n) is 18.6. The summed E-state index contributed by atoms with van der Waals surface area (Å²) in [5.74, 6) is 0.964. The van der Waals surface area contributed by atoms with Crippen molar-refractivity contribution in [1.29, 1.82) is 0 Å². The maximum absolute atomic E-state index is 13.4. The Labute approximate surface area is 220 Å². The van der Waals surface area contributed by atoms with Crippen molar-refractivity contribution in [3.8, 4) is 11.5 Å². The number of carbonyl (C=O) groups excluding carboxylic acids is 1. The molecule has 0 spiro atoms. The summed E-state index contributed by atoms with van der Waals surface area (Å²) in [5.41, 5.74) is 2.38. The van der Waals surface area contributed by atoms with E-state index < -0.39 is 0 Å². The van der Waals surface area contributed by atoms with E-state index in [9.17, 15) is 4.79 Å². The highest BCUT2D eigenvalue weighted by atomic mass is 79.9. The van der Waals surface area contributed by atoms with E-state index in [0.717, 1.165) is 27.7 Å². The first-order valence-corrected chi connectivity index (χ1v) is 12.7. The predicted octanol–water partition coefficient (Wildman–Crippen LogP) is 6.99. The molecule has 1 aliphatic rings. The van der Waals surface area contributed by atoms with Crippen LogP contribution in [0.1, 0.15) is 11.3 Å². The number of thioether (sulfide) groups is 1. The van der Waals surface area contributed by atoms with E-state index in [1.807, 2.05) is 78.9 Å². The predicted molar refractivity (Wildman–Crippen MR) is 149 cm³/mol. The number of carbonyl (C=O) groups is 1. The molecule has 5 rings (SSSR count).